The number of nitrogen functional groups attached to an aromatic ring is 1. The zero-order chi connectivity index (χ0) is 14.2. The molecule has 110 valence electrons. The molecule has 0 aliphatic carbocycles. The van der Waals surface area contributed by atoms with Crippen molar-refractivity contribution in [3.63, 3.8) is 0 Å². The van der Waals surface area contributed by atoms with Crippen LogP contribution in [0.25, 0.3) is 10.9 Å². The van der Waals surface area contributed by atoms with Gasteiger partial charge < -0.3 is 10.6 Å². The van der Waals surface area contributed by atoms with Crippen molar-refractivity contribution in [3.8, 4) is 0 Å². The zero-order valence-corrected chi connectivity index (χ0v) is 12.3. The molecule has 2 saturated heterocycles. The maximum atomic E-state index is 6.09. The molecule has 0 amide bonds. The number of hydrogen-bond donors (Lipinski definition) is 1. The van der Waals surface area contributed by atoms with Gasteiger partial charge in [-0.1, -0.05) is 6.42 Å². The lowest BCUT2D eigenvalue weighted by Gasteiger charge is -2.45. The summed E-state index contributed by atoms with van der Waals surface area (Å²) in [5.41, 5.74) is 9.20. The summed E-state index contributed by atoms with van der Waals surface area (Å²) < 4.78 is 0. The van der Waals surface area contributed by atoms with Crippen LogP contribution in [0.15, 0.2) is 30.5 Å². The topological polar surface area (TPSA) is 45.4 Å². The Morgan fingerprint density at radius 1 is 1.10 bits per heavy atom. The van der Waals surface area contributed by atoms with Crippen LogP contribution in [0.3, 0.4) is 0 Å². The second-order valence-electron chi connectivity index (χ2n) is 6.21. The Kier molecular flexibility index (Phi) is 3.19. The van der Waals surface area contributed by atoms with Crippen molar-refractivity contribution in [1.82, 2.24) is 9.88 Å². The van der Waals surface area contributed by atoms with Crippen molar-refractivity contribution < 1.29 is 0 Å². The van der Waals surface area contributed by atoms with Crippen LogP contribution in [-0.4, -0.2) is 42.1 Å². The zero-order valence-electron chi connectivity index (χ0n) is 12.3. The average Bonchev–Trinajstić information content (AvgIpc) is 2.55. The van der Waals surface area contributed by atoms with E-state index in [1.54, 1.807) is 0 Å². The second kappa shape index (κ2) is 5.19. The number of piperidine rings is 1. The number of hydrogen-bond acceptors (Lipinski definition) is 4. The summed E-state index contributed by atoms with van der Waals surface area (Å²) in [7, 11) is 0. The first kappa shape index (κ1) is 12.9. The summed E-state index contributed by atoms with van der Waals surface area (Å²) in [5, 5.41) is 1.07. The van der Waals surface area contributed by atoms with Gasteiger partial charge in [0.15, 0.2) is 0 Å². The van der Waals surface area contributed by atoms with Crippen LogP contribution in [-0.2, 0) is 0 Å². The van der Waals surface area contributed by atoms with Gasteiger partial charge >= 0.3 is 0 Å². The fourth-order valence-corrected chi connectivity index (χ4v) is 3.81. The number of rotatable bonds is 1. The van der Waals surface area contributed by atoms with Crippen LogP contribution >= 0.6 is 0 Å². The number of anilines is 2. The molecule has 2 aromatic rings. The summed E-state index contributed by atoms with van der Waals surface area (Å²) in [6.45, 7) is 4.66. The van der Waals surface area contributed by atoms with Crippen LogP contribution in [0, 0.1) is 0 Å². The molecule has 2 N–H and O–H groups in total. The SMILES string of the molecule is Nc1ccc(N2CCN3CCCCC3C2)c2ncccc12. The molecule has 1 aromatic carbocycles. The van der Waals surface area contributed by atoms with E-state index in [4.69, 9.17) is 5.73 Å². The van der Waals surface area contributed by atoms with Gasteiger partial charge in [0.2, 0.25) is 0 Å². The average molecular weight is 282 g/mol. The molecular weight excluding hydrogens is 260 g/mol. The minimum Gasteiger partial charge on any atom is -0.398 e. The van der Waals surface area contributed by atoms with Crippen molar-refractivity contribution in [2.24, 2.45) is 0 Å². The molecule has 0 radical (unpaired) electrons. The number of benzene rings is 1. The largest absolute Gasteiger partial charge is 0.398 e. The van der Waals surface area contributed by atoms with Gasteiger partial charge in [-0.15, -0.1) is 0 Å². The van der Waals surface area contributed by atoms with Crippen molar-refractivity contribution in [1.29, 1.82) is 0 Å². The maximum absolute atomic E-state index is 6.09. The number of nitrogens with two attached hydrogens (primary N) is 1. The molecule has 2 aliphatic rings. The molecule has 1 unspecified atom stereocenters. The van der Waals surface area contributed by atoms with E-state index in [1.807, 2.05) is 18.3 Å². The molecule has 21 heavy (non-hydrogen) atoms. The smallest absolute Gasteiger partial charge is 0.0955 e. The molecule has 4 heteroatoms. The highest BCUT2D eigenvalue weighted by Gasteiger charge is 2.29. The molecule has 0 bridgehead atoms. The number of aromatic nitrogens is 1. The summed E-state index contributed by atoms with van der Waals surface area (Å²) in [5.74, 6) is 0. The Bertz CT molecular complexity index is 654. The monoisotopic (exact) mass is 282 g/mol. The fourth-order valence-electron chi connectivity index (χ4n) is 3.81. The minimum absolute atomic E-state index is 0.712. The minimum atomic E-state index is 0.712. The molecule has 2 fully saturated rings. The highest BCUT2D eigenvalue weighted by molar-refractivity contribution is 5.98. The van der Waals surface area contributed by atoms with Gasteiger partial charge in [-0.25, -0.2) is 0 Å². The van der Waals surface area contributed by atoms with Crippen LogP contribution < -0.4 is 10.6 Å². The molecule has 1 aromatic heterocycles. The first-order valence-corrected chi connectivity index (χ1v) is 7.95. The summed E-state index contributed by atoms with van der Waals surface area (Å²) >= 11 is 0. The van der Waals surface area contributed by atoms with Gasteiger partial charge in [-0.3, -0.25) is 9.88 Å². The van der Waals surface area contributed by atoms with Gasteiger partial charge in [0.1, 0.15) is 0 Å². The van der Waals surface area contributed by atoms with E-state index >= 15 is 0 Å². The van der Waals surface area contributed by atoms with Crippen LogP contribution in [0.1, 0.15) is 19.3 Å². The van der Waals surface area contributed by atoms with Gasteiger partial charge in [0.25, 0.3) is 0 Å². The lowest BCUT2D eigenvalue weighted by atomic mass is 9.99. The summed E-state index contributed by atoms with van der Waals surface area (Å²) in [4.78, 5) is 9.75. The molecule has 4 rings (SSSR count). The van der Waals surface area contributed by atoms with Crippen LogP contribution in [0.2, 0.25) is 0 Å². The van der Waals surface area contributed by atoms with Gasteiger partial charge in [-0.05, 0) is 43.7 Å². The molecule has 1 atom stereocenters. The predicted molar refractivity (Wildman–Crippen MR) is 87.6 cm³/mol. The Balaban J connectivity index is 1.69. The van der Waals surface area contributed by atoms with E-state index < -0.39 is 0 Å². The number of fused-ring (bicyclic) bond motifs is 2. The normalized spacial score (nSPS) is 23.2. The van der Waals surface area contributed by atoms with E-state index in [0.717, 1.165) is 29.7 Å². The lowest BCUT2D eigenvalue weighted by molar-refractivity contribution is 0.133. The van der Waals surface area contributed by atoms with E-state index in [1.165, 1.54) is 38.0 Å². The van der Waals surface area contributed by atoms with Gasteiger partial charge in [-0.2, -0.15) is 0 Å². The lowest BCUT2D eigenvalue weighted by Crippen LogP contribution is -2.54. The standard InChI is InChI=1S/C17H22N4/c18-15-6-7-16(17-14(15)5-3-8-19-17)21-11-10-20-9-2-1-4-13(20)12-21/h3,5-8,13H,1-2,4,9-12,18H2. The third kappa shape index (κ3) is 2.23. The first-order chi connectivity index (χ1) is 10.3. The van der Waals surface area contributed by atoms with Gasteiger partial charge in [0, 0.05) is 42.9 Å². The highest BCUT2D eigenvalue weighted by atomic mass is 15.3. The van der Waals surface area contributed by atoms with Crippen molar-refractivity contribution >= 4 is 22.3 Å². The van der Waals surface area contributed by atoms with E-state index in [2.05, 4.69) is 26.9 Å². The Morgan fingerprint density at radius 2 is 2.05 bits per heavy atom. The highest BCUT2D eigenvalue weighted by Crippen LogP contribution is 2.31. The van der Waals surface area contributed by atoms with E-state index in [-0.39, 0.29) is 0 Å². The fraction of sp³-hybridized carbons (Fsp3) is 0.471. The molecule has 2 aliphatic heterocycles. The predicted octanol–water partition coefficient (Wildman–Crippen LogP) is 2.49. The van der Waals surface area contributed by atoms with Crippen LogP contribution in [0.5, 0.6) is 0 Å². The Labute approximate surface area is 125 Å². The van der Waals surface area contributed by atoms with Crippen LogP contribution in [0.4, 0.5) is 11.4 Å². The molecule has 3 heterocycles. The Morgan fingerprint density at radius 3 is 3.00 bits per heavy atom. The summed E-state index contributed by atoms with van der Waals surface area (Å²) in [6, 6.07) is 8.90. The van der Waals surface area contributed by atoms with Gasteiger partial charge in [0.05, 0.1) is 11.2 Å². The van der Waals surface area contributed by atoms with Crippen molar-refractivity contribution in [2.75, 3.05) is 36.8 Å². The Hall–Kier alpha value is -1.81. The molecular formula is C17H22N4. The quantitative estimate of drug-likeness (QED) is 0.816. The van der Waals surface area contributed by atoms with Crippen molar-refractivity contribution in [3.05, 3.63) is 30.5 Å². The number of piperazine rings is 1. The molecule has 0 saturated carbocycles. The van der Waals surface area contributed by atoms with E-state index in [0.29, 0.717) is 6.04 Å². The van der Waals surface area contributed by atoms with Crippen molar-refractivity contribution in [2.45, 2.75) is 25.3 Å². The number of pyridine rings is 1. The molecule has 0 spiro atoms. The third-order valence-electron chi connectivity index (χ3n) is 4.96. The molecule has 4 nitrogen and oxygen atoms in total. The number of nitrogens with zero attached hydrogens (tertiary/aromatic N) is 3. The maximum Gasteiger partial charge on any atom is 0.0955 e. The summed E-state index contributed by atoms with van der Waals surface area (Å²) in [6.07, 6.45) is 5.93. The second-order valence-corrected chi connectivity index (χ2v) is 6.21. The first-order valence-electron chi connectivity index (χ1n) is 7.95. The third-order valence-corrected chi connectivity index (χ3v) is 4.96. The van der Waals surface area contributed by atoms with E-state index in [9.17, 15) is 0 Å².